The lowest BCUT2D eigenvalue weighted by molar-refractivity contribution is 0.319. The summed E-state index contributed by atoms with van der Waals surface area (Å²) >= 11 is 0. The lowest BCUT2D eigenvalue weighted by atomic mass is 9.98. The Hall–Kier alpha value is -4.14. The van der Waals surface area contributed by atoms with Crippen molar-refractivity contribution in [2.75, 3.05) is 0 Å². The van der Waals surface area contributed by atoms with E-state index in [2.05, 4.69) is 55.7 Å². The first kappa shape index (κ1) is 18.9. The van der Waals surface area contributed by atoms with E-state index >= 15 is 0 Å². The lowest BCUT2D eigenvalue weighted by Gasteiger charge is -2.11. The van der Waals surface area contributed by atoms with Crippen LogP contribution in [0, 0.1) is 0 Å². The Morgan fingerprint density at radius 3 is 2.71 bits per heavy atom. The average molecular weight is 412 g/mol. The number of hydrogen-bond acceptors (Lipinski definition) is 7. The number of hydrogen-bond donors (Lipinski definition) is 1. The zero-order valence-corrected chi connectivity index (χ0v) is 17.3. The second-order valence-corrected chi connectivity index (χ2v) is 7.53. The van der Waals surface area contributed by atoms with E-state index in [1.807, 2.05) is 37.8 Å². The fourth-order valence-electron chi connectivity index (χ4n) is 3.62. The van der Waals surface area contributed by atoms with Crippen LogP contribution < -0.4 is 0 Å². The largest absolute Gasteiger partial charge is 0.411 e. The van der Waals surface area contributed by atoms with Crippen LogP contribution in [0.1, 0.15) is 36.8 Å². The fraction of sp³-hybridized carbons (Fsp3) is 0.182. The minimum atomic E-state index is -0.0597. The highest BCUT2D eigenvalue weighted by Crippen LogP contribution is 2.28. The van der Waals surface area contributed by atoms with Crippen molar-refractivity contribution in [3.05, 3.63) is 72.1 Å². The van der Waals surface area contributed by atoms with Crippen LogP contribution >= 0.6 is 0 Å². The number of aryl methyl sites for hydroxylation is 1. The van der Waals surface area contributed by atoms with Crippen LogP contribution in [0.4, 0.5) is 0 Å². The molecule has 31 heavy (non-hydrogen) atoms. The van der Waals surface area contributed by atoms with Gasteiger partial charge in [0.1, 0.15) is 11.4 Å². The summed E-state index contributed by atoms with van der Waals surface area (Å²) in [6.07, 6.45) is 5.67. The number of benzene rings is 1. The highest BCUT2D eigenvalue weighted by atomic mass is 16.4. The van der Waals surface area contributed by atoms with Gasteiger partial charge < -0.3 is 5.21 Å². The highest BCUT2D eigenvalue weighted by Gasteiger charge is 2.18. The molecule has 5 rings (SSSR count). The molecule has 0 aliphatic heterocycles. The molecular weight excluding hydrogens is 392 g/mol. The summed E-state index contributed by atoms with van der Waals surface area (Å²) in [6, 6.07) is 11.9. The summed E-state index contributed by atoms with van der Waals surface area (Å²) in [6.45, 7) is 3.76. The smallest absolute Gasteiger partial charge is 0.177 e. The van der Waals surface area contributed by atoms with Gasteiger partial charge in [0.25, 0.3) is 0 Å². The van der Waals surface area contributed by atoms with Crippen LogP contribution in [-0.2, 0) is 7.05 Å². The molecule has 4 heterocycles. The Bertz CT molecular complexity index is 1450. The van der Waals surface area contributed by atoms with Gasteiger partial charge >= 0.3 is 0 Å². The molecule has 0 fully saturated rings. The number of aromatic nitrogens is 7. The standard InChI is InChI=1S/C22H20N8O/c1-13(22-26-25-21-7-6-19(14(2)28-31)27-30(21)22)15-4-5-20-16(8-15)9-17(10-23-20)18-11-24-29(3)12-18/h4-13,31H,1-3H3/b28-14-. The predicted molar refractivity (Wildman–Crippen MR) is 116 cm³/mol. The first-order valence-electron chi connectivity index (χ1n) is 9.83. The van der Waals surface area contributed by atoms with Gasteiger partial charge in [0.2, 0.25) is 0 Å². The first-order valence-corrected chi connectivity index (χ1v) is 9.83. The van der Waals surface area contributed by atoms with Crippen LogP contribution in [-0.4, -0.2) is 45.5 Å². The zero-order valence-electron chi connectivity index (χ0n) is 17.3. The van der Waals surface area contributed by atoms with E-state index in [1.54, 1.807) is 22.2 Å². The maximum Gasteiger partial charge on any atom is 0.177 e. The normalized spacial score (nSPS) is 13.2. The Kier molecular flexibility index (Phi) is 4.43. The number of rotatable bonds is 4. The van der Waals surface area contributed by atoms with Crippen molar-refractivity contribution in [1.82, 2.24) is 34.6 Å². The van der Waals surface area contributed by atoms with E-state index in [0.717, 1.165) is 27.6 Å². The molecule has 9 heteroatoms. The van der Waals surface area contributed by atoms with Crippen LogP contribution in [0.25, 0.3) is 27.7 Å². The molecule has 0 saturated carbocycles. The van der Waals surface area contributed by atoms with Gasteiger partial charge in [-0.1, -0.05) is 18.1 Å². The van der Waals surface area contributed by atoms with Crippen LogP contribution in [0.15, 0.2) is 60.1 Å². The van der Waals surface area contributed by atoms with Gasteiger partial charge in [-0.15, -0.1) is 10.2 Å². The topological polar surface area (TPSA) is 106 Å². The second-order valence-electron chi connectivity index (χ2n) is 7.53. The Labute approximate surface area is 177 Å². The van der Waals surface area contributed by atoms with Gasteiger partial charge in [0.05, 0.1) is 11.7 Å². The minimum Gasteiger partial charge on any atom is -0.411 e. The van der Waals surface area contributed by atoms with Crippen LogP contribution in [0.5, 0.6) is 0 Å². The molecule has 0 radical (unpaired) electrons. The van der Waals surface area contributed by atoms with Crippen molar-refractivity contribution >= 4 is 22.3 Å². The SMILES string of the molecule is C/C(=N/O)c1ccc2nnc(C(C)c3ccc4ncc(-c5cnn(C)c5)cc4c3)n2n1. The van der Waals surface area contributed by atoms with E-state index in [9.17, 15) is 0 Å². The van der Waals surface area contributed by atoms with Gasteiger partial charge in [-0.05, 0) is 42.8 Å². The molecular formula is C22H20N8O. The molecule has 0 bridgehead atoms. The molecule has 1 N–H and O–H groups in total. The lowest BCUT2D eigenvalue weighted by Crippen LogP contribution is -2.09. The summed E-state index contributed by atoms with van der Waals surface area (Å²) in [5.74, 6) is 0.647. The summed E-state index contributed by atoms with van der Waals surface area (Å²) in [7, 11) is 1.90. The van der Waals surface area contributed by atoms with E-state index in [1.165, 1.54) is 0 Å². The quantitative estimate of drug-likeness (QED) is 0.275. The molecule has 4 aromatic heterocycles. The fourth-order valence-corrected chi connectivity index (χ4v) is 3.62. The van der Waals surface area contributed by atoms with Gasteiger partial charge in [-0.2, -0.15) is 14.7 Å². The average Bonchev–Trinajstić information content (AvgIpc) is 3.43. The van der Waals surface area contributed by atoms with E-state index in [0.29, 0.717) is 22.9 Å². The molecule has 0 aliphatic carbocycles. The molecule has 0 aliphatic rings. The van der Waals surface area contributed by atoms with Gasteiger partial charge in [-0.3, -0.25) is 9.67 Å². The van der Waals surface area contributed by atoms with Crippen LogP contribution in [0.2, 0.25) is 0 Å². The molecule has 154 valence electrons. The number of oxime groups is 1. The van der Waals surface area contributed by atoms with Crippen molar-refractivity contribution in [2.45, 2.75) is 19.8 Å². The van der Waals surface area contributed by atoms with Gasteiger partial charge in [0.15, 0.2) is 11.5 Å². The maximum atomic E-state index is 9.07. The third kappa shape index (κ3) is 3.29. The molecule has 0 amide bonds. The third-order valence-electron chi connectivity index (χ3n) is 5.44. The van der Waals surface area contributed by atoms with Crippen molar-refractivity contribution in [3.63, 3.8) is 0 Å². The van der Waals surface area contributed by atoms with Crippen molar-refractivity contribution in [1.29, 1.82) is 0 Å². The summed E-state index contributed by atoms with van der Waals surface area (Å²) < 4.78 is 3.47. The second kappa shape index (κ2) is 7.28. The van der Waals surface area contributed by atoms with Crippen molar-refractivity contribution in [2.24, 2.45) is 12.2 Å². The molecule has 0 saturated heterocycles. The van der Waals surface area contributed by atoms with E-state index < -0.39 is 0 Å². The molecule has 5 aromatic rings. The molecule has 1 aromatic carbocycles. The number of nitrogens with zero attached hydrogens (tertiary/aromatic N) is 8. The van der Waals surface area contributed by atoms with E-state index in [-0.39, 0.29) is 5.92 Å². The molecule has 9 nitrogen and oxygen atoms in total. The monoisotopic (exact) mass is 412 g/mol. The number of fused-ring (bicyclic) bond motifs is 2. The maximum absolute atomic E-state index is 9.07. The number of pyridine rings is 1. The van der Waals surface area contributed by atoms with Crippen molar-refractivity contribution < 1.29 is 5.21 Å². The highest BCUT2D eigenvalue weighted by molar-refractivity contribution is 5.96. The molecule has 1 atom stereocenters. The summed E-state index contributed by atoms with van der Waals surface area (Å²) in [5, 5.41) is 30.7. The van der Waals surface area contributed by atoms with E-state index in [4.69, 9.17) is 5.21 Å². The van der Waals surface area contributed by atoms with Gasteiger partial charge in [-0.25, -0.2) is 0 Å². The zero-order chi connectivity index (χ0) is 21.5. The Morgan fingerprint density at radius 1 is 1.06 bits per heavy atom. The molecule has 1 unspecified atom stereocenters. The predicted octanol–water partition coefficient (Wildman–Crippen LogP) is 3.42. The summed E-state index contributed by atoms with van der Waals surface area (Å²) in [4.78, 5) is 4.60. The summed E-state index contributed by atoms with van der Waals surface area (Å²) in [5.41, 5.74) is 5.66. The Balaban J connectivity index is 1.57. The first-order chi connectivity index (χ1) is 15.0. The third-order valence-corrected chi connectivity index (χ3v) is 5.44. The van der Waals surface area contributed by atoms with Crippen LogP contribution in [0.3, 0.4) is 0 Å². The minimum absolute atomic E-state index is 0.0597. The Morgan fingerprint density at radius 2 is 1.94 bits per heavy atom. The van der Waals surface area contributed by atoms with Gasteiger partial charge in [0, 0.05) is 41.9 Å². The van der Waals surface area contributed by atoms with Crippen molar-refractivity contribution in [3.8, 4) is 11.1 Å². The molecule has 0 spiro atoms.